The maximum Gasteiger partial charge on any atom is 0.338 e. The fourth-order valence-corrected chi connectivity index (χ4v) is 3.97. The van der Waals surface area contributed by atoms with Crippen LogP contribution in [0.25, 0.3) is 0 Å². The number of nitriles is 1. The second kappa shape index (κ2) is 8.70. The van der Waals surface area contributed by atoms with Gasteiger partial charge in [0.05, 0.1) is 32.5 Å². The van der Waals surface area contributed by atoms with Gasteiger partial charge in [-0.1, -0.05) is 12.1 Å². The van der Waals surface area contributed by atoms with Gasteiger partial charge in [0, 0.05) is 18.8 Å². The van der Waals surface area contributed by atoms with Gasteiger partial charge in [0.15, 0.2) is 5.82 Å². The van der Waals surface area contributed by atoms with Gasteiger partial charge >= 0.3 is 5.97 Å². The van der Waals surface area contributed by atoms with E-state index in [2.05, 4.69) is 11.4 Å². The number of benzene rings is 1. The van der Waals surface area contributed by atoms with Crippen LogP contribution in [0.5, 0.6) is 5.75 Å². The lowest BCUT2D eigenvalue weighted by Crippen LogP contribution is -2.37. The average Bonchev–Trinajstić information content (AvgIpc) is 3.17. The van der Waals surface area contributed by atoms with Gasteiger partial charge in [-0.15, -0.1) is 0 Å². The third-order valence-electron chi connectivity index (χ3n) is 5.47. The summed E-state index contributed by atoms with van der Waals surface area (Å²) in [6.07, 6.45) is 0. The van der Waals surface area contributed by atoms with E-state index in [1.165, 1.54) is 0 Å². The fraction of sp³-hybridized carbons (Fsp3) is 0.409. The van der Waals surface area contributed by atoms with Crippen molar-refractivity contribution in [1.29, 1.82) is 5.26 Å². The molecule has 9 nitrogen and oxygen atoms in total. The molecule has 4 rings (SSSR count). The van der Waals surface area contributed by atoms with Gasteiger partial charge in [-0.2, -0.15) is 10.4 Å². The van der Waals surface area contributed by atoms with E-state index in [0.717, 1.165) is 5.56 Å². The van der Waals surface area contributed by atoms with Crippen molar-refractivity contribution in [2.45, 2.75) is 19.9 Å². The molecule has 1 atom stereocenters. The summed E-state index contributed by atoms with van der Waals surface area (Å²) in [5, 5.41) is 18.0. The maximum absolute atomic E-state index is 12.9. The molecule has 2 aliphatic rings. The number of fused-ring (bicyclic) bond motifs is 1. The number of aromatic nitrogens is 2. The van der Waals surface area contributed by atoms with Crippen molar-refractivity contribution in [3.8, 4) is 11.8 Å². The molecule has 1 aromatic heterocycles. The van der Waals surface area contributed by atoms with Crippen LogP contribution in [-0.4, -0.2) is 55.8 Å². The maximum atomic E-state index is 12.9. The zero-order valence-corrected chi connectivity index (χ0v) is 17.8. The molecule has 0 spiro atoms. The Morgan fingerprint density at radius 1 is 1.32 bits per heavy atom. The Morgan fingerprint density at radius 3 is 2.65 bits per heavy atom. The number of ether oxygens (including phenoxy) is 3. The number of morpholine rings is 1. The molecule has 2 aromatic rings. The molecule has 1 N–H and O–H groups in total. The van der Waals surface area contributed by atoms with E-state index in [9.17, 15) is 10.1 Å². The van der Waals surface area contributed by atoms with Crippen LogP contribution >= 0.6 is 0 Å². The molecular formula is C22H25N5O4. The van der Waals surface area contributed by atoms with Crippen molar-refractivity contribution in [2.24, 2.45) is 0 Å². The summed E-state index contributed by atoms with van der Waals surface area (Å²) in [4.78, 5) is 15.0. The molecule has 1 fully saturated rings. The summed E-state index contributed by atoms with van der Waals surface area (Å²) < 4.78 is 17.8. The second-order valence-corrected chi connectivity index (χ2v) is 7.26. The lowest BCUT2D eigenvalue weighted by atomic mass is 9.95. The van der Waals surface area contributed by atoms with E-state index in [1.807, 2.05) is 36.1 Å². The second-order valence-electron chi connectivity index (χ2n) is 7.26. The van der Waals surface area contributed by atoms with Crippen LogP contribution in [0.4, 0.5) is 11.6 Å². The Balaban J connectivity index is 1.87. The zero-order valence-electron chi connectivity index (χ0n) is 17.8. The number of allylic oxidation sites excluding steroid dienone is 1. The summed E-state index contributed by atoms with van der Waals surface area (Å²) in [5.41, 5.74) is 2.38. The van der Waals surface area contributed by atoms with Crippen molar-refractivity contribution in [2.75, 3.05) is 50.2 Å². The van der Waals surface area contributed by atoms with Crippen molar-refractivity contribution in [1.82, 2.24) is 9.78 Å². The third-order valence-corrected chi connectivity index (χ3v) is 5.47. The van der Waals surface area contributed by atoms with Gasteiger partial charge in [-0.25, -0.2) is 9.48 Å². The first kappa shape index (κ1) is 20.8. The van der Waals surface area contributed by atoms with Crippen molar-refractivity contribution in [3.05, 3.63) is 46.7 Å². The van der Waals surface area contributed by atoms with E-state index >= 15 is 0 Å². The highest BCUT2D eigenvalue weighted by Crippen LogP contribution is 2.41. The monoisotopic (exact) mass is 423 g/mol. The van der Waals surface area contributed by atoms with Gasteiger partial charge in [-0.05, 0) is 31.5 Å². The van der Waals surface area contributed by atoms with E-state index in [1.54, 1.807) is 18.7 Å². The van der Waals surface area contributed by atoms with Crippen LogP contribution in [-0.2, 0) is 14.3 Å². The Morgan fingerprint density at radius 2 is 2.03 bits per heavy atom. The zero-order chi connectivity index (χ0) is 22.0. The first-order valence-electron chi connectivity index (χ1n) is 10.2. The summed E-state index contributed by atoms with van der Waals surface area (Å²) in [6.45, 7) is 6.30. The molecule has 9 heteroatoms. The number of hydrogen-bond acceptors (Lipinski definition) is 8. The van der Waals surface area contributed by atoms with Gasteiger partial charge in [-0.3, -0.25) is 0 Å². The van der Waals surface area contributed by atoms with Crippen LogP contribution in [0.15, 0.2) is 35.5 Å². The number of nitrogens with zero attached hydrogens (tertiary/aromatic N) is 4. The SMILES string of the molecule is CCOC(=O)C1=C(C)Nc2c(C#N)c(N3CCOCC3)nn2[C@@H]1c1ccc(OC)cc1. The number of rotatable bonds is 5. The van der Waals surface area contributed by atoms with Crippen LogP contribution in [0.2, 0.25) is 0 Å². The minimum atomic E-state index is -0.539. The first-order chi connectivity index (χ1) is 15.1. The quantitative estimate of drug-likeness (QED) is 0.732. The number of hydrogen-bond donors (Lipinski definition) is 1. The standard InChI is InChI=1S/C22H25N5O4/c1-4-31-22(28)18-14(2)24-20-17(13-23)21(26-9-11-30-12-10-26)25-27(20)19(18)15-5-7-16(29-3)8-6-15/h5-8,19,24H,4,9-12H2,1-3H3/t19-/m1/s1. The van der Waals surface area contributed by atoms with E-state index in [4.69, 9.17) is 19.3 Å². The number of esters is 1. The number of nitrogens with one attached hydrogen (secondary N) is 1. The minimum absolute atomic E-state index is 0.263. The lowest BCUT2D eigenvalue weighted by Gasteiger charge is -2.29. The van der Waals surface area contributed by atoms with Crippen molar-refractivity contribution < 1.29 is 19.0 Å². The number of methoxy groups -OCH3 is 1. The molecule has 0 amide bonds. The fourth-order valence-electron chi connectivity index (χ4n) is 3.97. The van der Waals surface area contributed by atoms with Gasteiger partial charge in [0.25, 0.3) is 0 Å². The van der Waals surface area contributed by atoms with Crippen LogP contribution in [0.1, 0.15) is 31.0 Å². The van der Waals surface area contributed by atoms with E-state index in [0.29, 0.717) is 60.5 Å². The van der Waals surface area contributed by atoms with Gasteiger partial charge in [0.2, 0.25) is 0 Å². The predicted octanol–water partition coefficient (Wildman–Crippen LogP) is 2.45. The van der Waals surface area contributed by atoms with Crippen LogP contribution < -0.4 is 15.0 Å². The highest BCUT2D eigenvalue weighted by molar-refractivity contribution is 5.93. The van der Waals surface area contributed by atoms with Crippen LogP contribution in [0.3, 0.4) is 0 Å². The first-order valence-corrected chi connectivity index (χ1v) is 10.2. The summed E-state index contributed by atoms with van der Waals surface area (Å²) in [6, 6.07) is 9.23. The average molecular weight is 423 g/mol. The topological polar surface area (TPSA) is 102 Å². The van der Waals surface area contributed by atoms with Gasteiger partial charge < -0.3 is 24.4 Å². The molecule has 31 heavy (non-hydrogen) atoms. The van der Waals surface area contributed by atoms with Crippen LogP contribution in [0, 0.1) is 11.3 Å². The Kier molecular flexibility index (Phi) is 5.82. The molecule has 1 saturated heterocycles. The predicted molar refractivity (Wildman–Crippen MR) is 114 cm³/mol. The third kappa shape index (κ3) is 3.70. The molecule has 0 bridgehead atoms. The Bertz CT molecular complexity index is 1050. The molecule has 0 radical (unpaired) electrons. The van der Waals surface area contributed by atoms with E-state index in [-0.39, 0.29) is 6.61 Å². The highest BCUT2D eigenvalue weighted by Gasteiger charge is 2.37. The summed E-state index contributed by atoms with van der Waals surface area (Å²) in [5.74, 6) is 1.45. The highest BCUT2D eigenvalue weighted by atomic mass is 16.5. The number of carbonyl (C=O) groups is 1. The number of carbonyl (C=O) groups excluding carboxylic acids is 1. The molecule has 162 valence electrons. The molecular weight excluding hydrogens is 398 g/mol. The lowest BCUT2D eigenvalue weighted by molar-refractivity contribution is -0.139. The normalized spacial score (nSPS) is 18.1. The molecule has 1 aromatic carbocycles. The molecule has 0 saturated carbocycles. The summed E-state index contributed by atoms with van der Waals surface area (Å²) >= 11 is 0. The molecule has 3 heterocycles. The van der Waals surface area contributed by atoms with Gasteiger partial charge in [0.1, 0.15) is 29.2 Å². The Hall–Kier alpha value is -3.51. The number of anilines is 2. The minimum Gasteiger partial charge on any atom is -0.497 e. The van der Waals surface area contributed by atoms with Crippen molar-refractivity contribution in [3.63, 3.8) is 0 Å². The summed E-state index contributed by atoms with van der Waals surface area (Å²) in [7, 11) is 1.60. The largest absolute Gasteiger partial charge is 0.497 e. The Labute approximate surface area is 180 Å². The smallest absolute Gasteiger partial charge is 0.338 e. The molecule has 0 unspecified atom stereocenters. The van der Waals surface area contributed by atoms with E-state index < -0.39 is 12.0 Å². The molecule has 0 aliphatic carbocycles. The molecule has 2 aliphatic heterocycles. The van der Waals surface area contributed by atoms with Crippen molar-refractivity contribution >= 4 is 17.6 Å².